The molecular weight excluding hydrogens is 477 g/mol. The monoisotopic (exact) mass is 512 g/mol. The van der Waals surface area contributed by atoms with Crippen LogP contribution in [0.15, 0.2) is 0 Å². The van der Waals surface area contributed by atoms with Gasteiger partial charge in [0.15, 0.2) is 0 Å². The molecule has 0 bridgehead atoms. The van der Waals surface area contributed by atoms with Gasteiger partial charge in [-0.2, -0.15) is 13.2 Å². The number of carboxylic acids is 3. The summed E-state index contributed by atoms with van der Waals surface area (Å²) in [5, 5.41) is 28.3. The number of halogens is 3. The number of carboxylic acid groups (broad SMARTS) is 3. The lowest BCUT2D eigenvalue weighted by molar-refractivity contribution is -0.200. The van der Waals surface area contributed by atoms with Crippen LogP contribution in [0.1, 0.15) is 27.7 Å². The summed E-state index contributed by atoms with van der Waals surface area (Å²) in [7, 11) is 0. The number of nitrogens with zero attached hydrogens (tertiary/aromatic N) is 4. The van der Waals surface area contributed by atoms with Gasteiger partial charge in [0.2, 0.25) is 6.04 Å². The summed E-state index contributed by atoms with van der Waals surface area (Å²) in [5.74, 6) is -4.63. The summed E-state index contributed by atoms with van der Waals surface area (Å²) in [6.07, 6.45) is -5.07. The van der Waals surface area contributed by atoms with E-state index in [0.717, 1.165) is 4.90 Å². The summed E-state index contributed by atoms with van der Waals surface area (Å²) in [6.45, 7) is 5.17. The molecule has 1 aliphatic heterocycles. The Morgan fingerprint density at radius 2 is 0.886 bits per heavy atom. The van der Waals surface area contributed by atoms with Crippen molar-refractivity contribution in [2.45, 2.75) is 58.0 Å². The minimum absolute atomic E-state index is 0.0327. The van der Waals surface area contributed by atoms with Gasteiger partial charge >= 0.3 is 24.1 Å². The second-order valence-corrected chi connectivity index (χ2v) is 8.74. The Bertz CT molecular complexity index is 732. The molecule has 0 aromatic rings. The van der Waals surface area contributed by atoms with Crippen LogP contribution in [0.2, 0.25) is 0 Å². The average Bonchev–Trinajstić information content (AvgIpc) is 2.72. The first-order chi connectivity index (χ1) is 16.1. The molecule has 1 heterocycles. The molecule has 0 spiro atoms. The van der Waals surface area contributed by atoms with Crippen molar-refractivity contribution in [2.24, 2.45) is 0 Å². The Kier molecular flexibility index (Phi) is 11.5. The number of ketones is 1. The van der Waals surface area contributed by atoms with Crippen LogP contribution in [0.25, 0.3) is 0 Å². The van der Waals surface area contributed by atoms with Crippen molar-refractivity contribution < 1.29 is 47.7 Å². The summed E-state index contributed by atoms with van der Waals surface area (Å²) in [5.41, 5.74) is 0. The number of rotatable bonds is 8. The first kappa shape index (κ1) is 30.7. The van der Waals surface area contributed by atoms with Gasteiger partial charge in [0.05, 0.1) is 6.04 Å². The lowest BCUT2D eigenvalue weighted by Crippen LogP contribution is -2.58. The van der Waals surface area contributed by atoms with Gasteiger partial charge in [-0.05, 0) is 27.7 Å². The molecule has 0 aromatic carbocycles. The Balaban J connectivity index is 3.38. The maximum atomic E-state index is 13.6. The number of hydrogen-bond acceptors (Lipinski definition) is 8. The zero-order valence-corrected chi connectivity index (χ0v) is 20.4. The van der Waals surface area contributed by atoms with Gasteiger partial charge in [-0.15, -0.1) is 0 Å². The Hall–Kier alpha value is -2.29. The third kappa shape index (κ3) is 9.02. The van der Waals surface area contributed by atoms with Crippen LogP contribution in [0.5, 0.6) is 0 Å². The molecule has 4 unspecified atom stereocenters. The van der Waals surface area contributed by atoms with Crippen molar-refractivity contribution >= 4 is 23.7 Å². The zero-order valence-electron chi connectivity index (χ0n) is 20.4. The molecule has 0 radical (unpaired) electrons. The van der Waals surface area contributed by atoms with E-state index in [-0.39, 0.29) is 51.6 Å². The first-order valence-corrected chi connectivity index (χ1v) is 11.3. The van der Waals surface area contributed by atoms with Crippen LogP contribution in [0.3, 0.4) is 0 Å². The predicted octanol–water partition coefficient (Wildman–Crippen LogP) is 0.147. The molecule has 0 aromatic heterocycles. The highest BCUT2D eigenvalue weighted by molar-refractivity contribution is 5.81. The molecule has 11 nitrogen and oxygen atoms in total. The number of carbonyl (C=O) groups excluding carboxylic acids is 1. The lowest BCUT2D eigenvalue weighted by atomic mass is 10.1. The van der Waals surface area contributed by atoms with Gasteiger partial charge in [0, 0.05) is 52.4 Å². The summed E-state index contributed by atoms with van der Waals surface area (Å²) in [4.78, 5) is 52.1. The van der Waals surface area contributed by atoms with Crippen molar-refractivity contribution in [1.29, 1.82) is 0 Å². The second-order valence-electron chi connectivity index (χ2n) is 8.74. The van der Waals surface area contributed by atoms with E-state index in [2.05, 4.69) is 0 Å². The van der Waals surface area contributed by atoms with Gasteiger partial charge in [-0.1, -0.05) is 0 Å². The molecule has 0 amide bonds. The SMILES string of the molecule is CC(=O)C(C)N1CCN(C(C)C(=O)O)CCN(C(C)C(=O)O)CCN(C(C(=O)O)C(F)(F)F)CC1. The van der Waals surface area contributed by atoms with Crippen molar-refractivity contribution in [3.8, 4) is 0 Å². The maximum Gasteiger partial charge on any atom is 0.414 e. The predicted molar refractivity (Wildman–Crippen MR) is 118 cm³/mol. The molecule has 1 saturated heterocycles. The van der Waals surface area contributed by atoms with Crippen LogP contribution in [-0.4, -0.2) is 141 Å². The largest absolute Gasteiger partial charge is 0.480 e. The lowest BCUT2D eigenvalue weighted by Gasteiger charge is -2.39. The van der Waals surface area contributed by atoms with E-state index in [9.17, 15) is 47.7 Å². The van der Waals surface area contributed by atoms with E-state index in [4.69, 9.17) is 0 Å². The molecule has 35 heavy (non-hydrogen) atoms. The number of alkyl halides is 3. The average molecular weight is 513 g/mol. The van der Waals surface area contributed by atoms with Crippen LogP contribution >= 0.6 is 0 Å². The quantitative estimate of drug-likeness (QED) is 0.409. The van der Waals surface area contributed by atoms with E-state index in [1.165, 1.54) is 25.7 Å². The van der Waals surface area contributed by atoms with Gasteiger partial charge in [-0.3, -0.25) is 38.8 Å². The molecule has 1 aliphatic rings. The van der Waals surface area contributed by atoms with Gasteiger partial charge in [0.25, 0.3) is 0 Å². The van der Waals surface area contributed by atoms with Gasteiger partial charge < -0.3 is 15.3 Å². The van der Waals surface area contributed by atoms with Gasteiger partial charge in [0.1, 0.15) is 17.9 Å². The van der Waals surface area contributed by atoms with Crippen molar-refractivity contribution in [3.63, 3.8) is 0 Å². The van der Waals surface area contributed by atoms with Crippen molar-refractivity contribution in [1.82, 2.24) is 19.6 Å². The Morgan fingerprint density at radius 3 is 1.11 bits per heavy atom. The normalized spacial score (nSPS) is 22.3. The van der Waals surface area contributed by atoms with Gasteiger partial charge in [-0.25, -0.2) is 0 Å². The highest BCUT2D eigenvalue weighted by atomic mass is 19.4. The maximum absolute atomic E-state index is 13.6. The summed E-state index contributed by atoms with van der Waals surface area (Å²) >= 11 is 0. The number of hydrogen-bond donors (Lipinski definition) is 3. The van der Waals surface area contributed by atoms with E-state index >= 15 is 0 Å². The fourth-order valence-corrected chi connectivity index (χ4v) is 3.97. The summed E-state index contributed by atoms with van der Waals surface area (Å²) < 4.78 is 40.9. The van der Waals surface area contributed by atoms with E-state index < -0.39 is 54.8 Å². The van der Waals surface area contributed by atoms with Crippen LogP contribution in [0.4, 0.5) is 13.2 Å². The fraction of sp³-hybridized carbons (Fsp3) is 0.810. The molecule has 1 rings (SSSR count). The molecule has 202 valence electrons. The van der Waals surface area contributed by atoms with Crippen LogP contribution in [0, 0.1) is 0 Å². The molecule has 3 N–H and O–H groups in total. The van der Waals surface area contributed by atoms with Crippen molar-refractivity contribution in [2.75, 3.05) is 52.4 Å². The second kappa shape index (κ2) is 13.1. The smallest absolute Gasteiger partial charge is 0.414 e. The van der Waals surface area contributed by atoms with E-state index in [0.29, 0.717) is 0 Å². The third-order valence-corrected chi connectivity index (χ3v) is 6.55. The molecule has 4 atom stereocenters. The Labute approximate surface area is 202 Å². The van der Waals surface area contributed by atoms with E-state index in [1.54, 1.807) is 16.7 Å². The minimum atomic E-state index is -5.07. The molecule has 14 heteroatoms. The standard InChI is InChI=1S/C21H35F3N4O7/c1-13(16(4)29)25-5-6-26(14(2)18(30)31)7-8-27(15(3)19(32)33)10-12-28(11-9-25)17(20(34)35)21(22,23)24/h13-15,17H,5-12H2,1-4H3,(H,30,31)(H,32,33)(H,34,35). The van der Waals surface area contributed by atoms with Crippen LogP contribution in [-0.2, 0) is 19.2 Å². The minimum Gasteiger partial charge on any atom is -0.480 e. The highest BCUT2D eigenvalue weighted by Crippen LogP contribution is 2.25. The topological polar surface area (TPSA) is 142 Å². The summed E-state index contributed by atoms with van der Waals surface area (Å²) in [6, 6.07) is -5.50. The van der Waals surface area contributed by atoms with Crippen LogP contribution < -0.4 is 0 Å². The first-order valence-electron chi connectivity index (χ1n) is 11.3. The fourth-order valence-electron chi connectivity index (χ4n) is 3.97. The Morgan fingerprint density at radius 1 is 0.600 bits per heavy atom. The van der Waals surface area contributed by atoms with Crippen molar-refractivity contribution in [3.05, 3.63) is 0 Å². The molecular formula is C21H35F3N4O7. The zero-order chi connectivity index (χ0) is 27.1. The number of aliphatic carboxylic acids is 3. The third-order valence-electron chi connectivity index (χ3n) is 6.55. The number of Topliss-reactive ketones (excluding diaryl/α,β-unsaturated/α-hetero) is 1. The number of carbonyl (C=O) groups is 4. The molecule has 0 saturated carbocycles. The highest BCUT2D eigenvalue weighted by Gasteiger charge is 2.49. The molecule has 1 fully saturated rings. The van der Waals surface area contributed by atoms with E-state index in [1.807, 2.05) is 0 Å². The molecule has 0 aliphatic carbocycles.